The molecule has 2 atom stereocenters. The van der Waals surface area contributed by atoms with Crippen molar-refractivity contribution in [2.45, 2.75) is 69.7 Å². The van der Waals surface area contributed by atoms with Gasteiger partial charge in [0.2, 0.25) is 11.8 Å². The number of unbranched alkanes of at least 4 members (excludes halogenated alkanes) is 1. The molecule has 25 heavy (non-hydrogen) atoms. The van der Waals surface area contributed by atoms with Crippen LogP contribution < -0.4 is 0 Å². The van der Waals surface area contributed by atoms with Crippen molar-refractivity contribution in [1.29, 1.82) is 0 Å². The van der Waals surface area contributed by atoms with E-state index in [2.05, 4.69) is 6.92 Å². The largest absolute Gasteiger partial charge is 0.378 e. The Kier molecular flexibility index (Phi) is 7.05. The number of ether oxygens (including phenoxy) is 1. The highest BCUT2D eigenvalue weighted by atomic mass is 32.2. The average Bonchev–Trinajstić information content (AvgIpc) is 3.12. The third-order valence-electron chi connectivity index (χ3n) is 5.73. The summed E-state index contributed by atoms with van der Waals surface area (Å²) in [5.74, 6) is 1.65. The first-order valence-corrected chi connectivity index (χ1v) is 11.1. The second kappa shape index (κ2) is 9.26. The molecule has 3 rings (SSSR count). The van der Waals surface area contributed by atoms with E-state index in [0.717, 1.165) is 18.6 Å². The van der Waals surface area contributed by atoms with Gasteiger partial charge in [0, 0.05) is 25.3 Å². The smallest absolute Gasteiger partial charge is 0.246 e. The Hall–Kier alpha value is -0.750. The van der Waals surface area contributed by atoms with Gasteiger partial charge in [-0.25, -0.2) is 0 Å². The first-order chi connectivity index (χ1) is 12.2. The zero-order chi connectivity index (χ0) is 17.6. The summed E-state index contributed by atoms with van der Waals surface area (Å²) in [5, 5.41) is 0.208. The first-order valence-electron chi connectivity index (χ1n) is 10.0. The Morgan fingerprint density at radius 1 is 1.12 bits per heavy atom. The molecular weight excluding hydrogens is 336 g/mol. The van der Waals surface area contributed by atoms with Gasteiger partial charge in [0.1, 0.15) is 6.04 Å². The van der Waals surface area contributed by atoms with Gasteiger partial charge in [-0.2, -0.15) is 0 Å². The minimum absolute atomic E-state index is 0.138. The van der Waals surface area contributed by atoms with Crippen molar-refractivity contribution in [1.82, 2.24) is 9.80 Å². The van der Waals surface area contributed by atoms with E-state index in [1.54, 1.807) is 0 Å². The third-order valence-corrected chi connectivity index (χ3v) is 7.19. The van der Waals surface area contributed by atoms with Crippen LogP contribution in [0.5, 0.6) is 0 Å². The Bertz CT molecular complexity index is 462. The number of morpholine rings is 1. The van der Waals surface area contributed by atoms with Gasteiger partial charge in [0.15, 0.2) is 0 Å². The molecular formula is C19H32N2O3S. The van der Waals surface area contributed by atoms with E-state index in [1.165, 1.54) is 32.1 Å². The van der Waals surface area contributed by atoms with E-state index in [0.29, 0.717) is 38.6 Å². The number of nitrogens with zero attached hydrogens (tertiary/aromatic N) is 2. The van der Waals surface area contributed by atoms with E-state index in [9.17, 15) is 9.59 Å². The third kappa shape index (κ3) is 4.51. The summed E-state index contributed by atoms with van der Waals surface area (Å²) in [6.07, 6.45) is 8.75. The molecule has 142 valence electrons. The minimum Gasteiger partial charge on any atom is -0.378 e. The summed E-state index contributed by atoms with van der Waals surface area (Å²) in [4.78, 5) is 29.9. The summed E-state index contributed by atoms with van der Waals surface area (Å²) >= 11 is 1.85. The molecule has 2 unspecified atom stereocenters. The highest BCUT2D eigenvalue weighted by molar-refractivity contribution is 8.00. The minimum atomic E-state index is -0.264. The fourth-order valence-electron chi connectivity index (χ4n) is 4.27. The highest BCUT2D eigenvalue weighted by Crippen LogP contribution is 2.41. The molecule has 1 saturated carbocycles. The van der Waals surface area contributed by atoms with Crippen LogP contribution in [-0.4, -0.2) is 65.1 Å². The van der Waals surface area contributed by atoms with Crippen molar-refractivity contribution in [3.05, 3.63) is 0 Å². The maximum Gasteiger partial charge on any atom is 0.246 e. The van der Waals surface area contributed by atoms with Crippen molar-refractivity contribution >= 4 is 23.6 Å². The zero-order valence-corrected chi connectivity index (χ0v) is 16.3. The molecule has 0 N–H and O–H groups in total. The normalized spacial score (nSPS) is 28.4. The average molecular weight is 369 g/mol. The molecule has 2 saturated heterocycles. The predicted molar refractivity (Wildman–Crippen MR) is 100 cm³/mol. The summed E-state index contributed by atoms with van der Waals surface area (Å²) < 4.78 is 5.38. The summed E-state index contributed by atoms with van der Waals surface area (Å²) in [6, 6.07) is -0.264. The number of amides is 2. The summed E-state index contributed by atoms with van der Waals surface area (Å²) in [5.41, 5.74) is 0. The van der Waals surface area contributed by atoms with E-state index >= 15 is 0 Å². The second-order valence-corrected chi connectivity index (χ2v) is 8.63. The molecule has 2 heterocycles. The Balaban J connectivity index is 1.73. The van der Waals surface area contributed by atoms with Gasteiger partial charge in [-0.3, -0.25) is 9.59 Å². The molecule has 0 aromatic carbocycles. The van der Waals surface area contributed by atoms with Crippen LogP contribution >= 0.6 is 11.8 Å². The number of carbonyl (C=O) groups is 2. The molecule has 0 spiro atoms. The quantitative estimate of drug-likeness (QED) is 0.749. The first kappa shape index (κ1) is 19.0. The fourth-order valence-corrected chi connectivity index (χ4v) is 5.92. The monoisotopic (exact) mass is 368 g/mol. The van der Waals surface area contributed by atoms with Gasteiger partial charge in [0.05, 0.1) is 18.6 Å². The second-order valence-electron chi connectivity index (χ2n) is 7.48. The van der Waals surface area contributed by atoms with E-state index in [4.69, 9.17) is 4.74 Å². The number of carbonyl (C=O) groups excluding carboxylic acids is 2. The van der Waals surface area contributed by atoms with Gasteiger partial charge >= 0.3 is 0 Å². The van der Waals surface area contributed by atoms with Crippen molar-refractivity contribution in [3.63, 3.8) is 0 Å². The lowest BCUT2D eigenvalue weighted by Gasteiger charge is -2.37. The van der Waals surface area contributed by atoms with Gasteiger partial charge in [-0.1, -0.05) is 32.6 Å². The van der Waals surface area contributed by atoms with Gasteiger partial charge in [0.25, 0.3) is 0 Å². The molecule has 3 fully saturated rings. The number of hydrogen-bond acceptors (Lipinski definition) is 4. The summed E-state index contributed by atoms with van der Waals surface area (Å²) in [6.45, 7) is 4.65. The molecule has 3 aliphatic rings. The molecule has 0 radical (unpaired) electrons. The van der Waals surface area contributed by atoms with Crippen molar-refractivity contribution < 1.29 is 14.3 Å². The molecule has 0 aromatic heterocycles. The van der Waals surface area contributed by atoms with Gasteiger partial charge in [-0.15, -0.1) is 11.8 Å². The molecule has 1 aliphatic carbocycles. The number of thioether (sulfide) groups is 1. The van der Waals surface area contributed by atoms with Crippen LogP contribution in [0, 0.1) is 5.92 Å². The van der Waals surface area contributed by atoms with Crippen LogP contribution in [0.15, 0.2) is 0 Å². The van der Waals surface area contributed by atoms with Crippen LogP contribution in [-0.2, 0) is 14.3 Å². The van der Waals surface area contributed by atoms with Gasteiger partial charge in [-0.05, 0) is 25.2 Å². The fraction of sp³-hybridized carbons (Fsp3) is 0.895. The van der Waals surface area contributed by atoms with Crippen LogP contribution in [0.3, 0.4) is 0 Å². The molecule has 6 heteroatoms. The Morgan fingerprint density at radius 3 is 2.52 bits per heavy atom. The summed E-state index contributed by atoms with van der Waals surface area (Å²) in [7, 11) is 0. The van der Waals surface area contributed by atoms with E-state index in [-0.39, 0.29) is 23.2 Å². The predicted octanol–water partition coefficient (Wildman–Crippen LogP) is 2.89. The molecule has 5 nitrogen and oxygen atoms in total. The topological polar surface area (TPSA) is 49.9 Å². The molecule has 2 amide bonds. The van der Waals surface area contributed by atoms with E-state index < -0.39 is 0 Å². The maximum absolute atomic E-state index is 13.1. The van der Waals surface area contributed by atoms with Crippen molar-refractivity contribution in [3.8, 4) is 0 Å². The van der Waals surface area contributed by atoms with Crippen LogP contribution in [0.4, 0.5) is 0 Å². The van der Waals surface area contributed by atoms with Crippen LogP contribution in [0.1, 0.15) is 58.3 Å². The van der Waals surface area contributed by atoms with E-state index in [1.807, 2.05) is 21.6 Å². The molecule has 0 aromatic rings. The lowest BCUT2D eigenvalue weighted by molar-refractivity contribution is -0.148. The zero-order valence-electron chi connectivity index (χ0n) is 15.5. The molecule has 0 bridgehead atoms. The number of rotatable bonds is 5. The Labute approximate surface area is 155 Å². The van der Waals surface area contributed by atoms with Crippen LogP contribution in [0.25, 0.3) is 0 Å². The lowest BCUT2D eigenvalue weighted by Crippen LogP contribution is -2.54. The SMILES string of the molecule is CCCCC(=O)N1C(C(=O)N2CCOCC2)CSC1C1CCCCC1. The lowest BCUT2D eigenvalue weighted by atomic mass is 9.88. The Morgan fingerprint density at radius 2 is 1.84 bits per heavy atom. The maximum atomic E-state index is 13.1. The van der Waals surface area contributed by atoms with Crippen molar-refractivity contribution in [2.24, 2.45) is 5.92 Å². The number of hydrogen-bond donors (Lipinski definition) is 0. The van der Waals surface area contributed by atoms with Crippen LogP contribution in [0.2, 0.25) is 0 Å². The van der Waals surface area contributed by atoms with Gasteiger partial charge < -0.3 is 14.5 Å². The highest BCUT2D eigenvalue weighted by Gasteiger charge is 2.45. The van der Waals surface area contributed by atoms with Crippen molar-refractivity contribution in [2.75, 3.05) is 32.1 Å². The standard InChI is InChI=1S/C19H32N2O3S/c1-2-3-9-17(22)21-16(18(23)20-10-12-24-13-11-20)14-25-19(21)15-7-5-4-6-8-15/h15-16,19H,2-14H2,1H3. The molecule has 2 aliphatic heterocycles.